The van der Waals surface area contributed by atoms with Crippen molar-refractivity contribution in [1.29, 1.82) is 0 Å². The highest BCUT2D eigenvalue weighted by atomic mass is 16.5. The highest BCUT2D eigenvalue weighted by Gasteiger charge is 2.33. The molecule has 3 amide bonds. The van der Waals surface area contributed by atoms with Crippen LogP contribution in [-0.4, -0.2) is 76.0 Å². The average Bonchev–Trinajstić information content (AvgIpc) is 3.20. The van der Waals surface area contributed by atoms with Crippen LogP contribution in [0.15, 0.2) is 109 Å². The first kappa shape index (κ1) is 38.7. The maximum absolute atomic E-state index is 14.2. The van der Waals surface area contributed by atoms with Crippen molar-refractivity contribution < 1.29 is 33.4 Å². The average molecular weight is 721 g/mol. The fraction of sp³-hybridized carbons (Fsp3) is 0.333. The lowest BCUT2D eigenvalue weighted by Crippen LogP contribution is -2.46. The standard InChI is InChI=1S/C42H48N4O7/c1-51-41(49)44-27-38(48)45-36-20-12-11-14-30(36)21-23-34-28-53-35(26-43-34)24-22-29-13-9-10-19-33(29)25-37(47)40(46-42(50)52-2)39(31-15-5-3-6-16-31)32-17-7-4-8-18-32/h3-20,34-35,39-40,43H,21-28H2,1-2H3,(H,44,49)(H,45,48)(H,46,50)/t34-,35-,40-/m1/s1. The van der Waals surface area contributed by atoms with Crippen LogP contribution in [-0.2, 0) is 43.1 Å². The molecule has 53 heavy (non-hydrogen) atoms. The molecule has 0 saturated carbocycles. The number of Topliss-reactive ketones (excluding diaryl/α,β-unsaturated/α-hetero) is 1. The van der Waals surface area contributed by atoms with Crippen molar-refractivity contribution in [1.82, 2.24) is 16.0 Å². The van der Waals surface area contributed by atoms with Crippen molar-refractivity contribution >= 4 is 29.6 Å². The lowest BCUT2D eigenvalue weighted by molar-refractivity contribution is -0.120. The molecule has 1 aliphatic rings. The first-order valence-electron chi connectivity index (χ1n) is 17.9. The number of ketones is 1. The van der Waals surface area contributed by atoms with Crippen molar-refractivity contribution in [3.63, 3.8) is 0 Å². The molecule has 278 valence electrons. The van der Waals surface area contributed by atoms with Crippen molar-refractivity contribution in [3.8, 4) is 0 Å². The van der Waals surface area contributed by atoms with Crippen LogP contribution in [0.3, 0.4) is 0 Å². The molecule has 3 atom stereocenters. The monoisotopic (exact) mass is 720 g/mol. The molecule has 0 spiro atoms. The number of morpholine rings is 1. The summed E-state index contributed by atoms with van der Waals surface area (Å²) in [6, 6.07) is 34.4. The molecule has 0 aromatic heterocycles. The van der Waals surface area contributed by atoms with Gasteiger partial charge in [0, 0.05) is 30.6 Å². The molecular weight excluding hydrogens is 672 g/mol. The number of methoxy groups -OCH3 is 2. The molecule has 4 aromatic rings. The Morgan fingerprint density at radius 2 is 1.32 bits per heavy atom. The number of anilines is 1. The number of benzene rings is 4. The van der Waals surface area contributed by atoms with E-state index >= 15 is 0 Å². The third kappa shape index (κ3) is 11.5. The summed E-state index contributed by atoms with van der Waals surface area (Å²) in [7, 11) is 2.55. The number of aryl methyl sites for hydroxylation is 2. The second-order valence-corrected chi connectivity index (χ2v) is 13.0. The largest absolute Gasteiger partial charge is 0.453 e. The molecule has 1 aliphatic heterocycles. The predicted molar refractivity (Wildman–Crippen MR) is 203 cm³/mol. The van der Waals surface area contributed by atoms with Crippen LogP contribution in [0.2, 0.25) is 0 Å². The minimum absolute atomic E-state index is 0.0122. The molecule has 0 radical (unpaired) electrons. The summed E-state index contributed by atoms with van der Waals surface area (Å²) >= 11 is 0. The summed E-state index contributed by atoms with van der Waals surface area (Å²) < 4.78 is 15.8. The number of alkyl carbamates (subject to hydrolysis) is 2. The van der Waals surface area contributed by atoms with Gasteiger partial charge in [-0.15, -0.1) is 0 Å². The van der Waals surface area contributed by atoms with Gasteiger partial charge in [-0.05, 0) is 59.6 Å². The second-order valence-electron chi connectivity index (χ2n) is 13.0. The summed E-state index contributed by atoms with van der Waals surface area (Å²) in [5, 5.41) is 11.7. The maximum atomic E-state index is 14.2. The minimum atomic E-state index is -0.852. The Hall–Kier alpha value is -5.52. The Morgan fingerprint density at radius 3 is 1.94 bits per heavy atom. The predicted octanol–water partition coefficient (Wildman–Crippen LogP) is 5.57. The third-order valence-corrected chi connectivity index (χ3v) is 9.47. The van der Waals surface area contributed by atoms with Crippen LogP contribution in [0, 0.1) is 0 Å². The molecule has 0 unspecified atom stereocenters. The Balaban J connectivity index is 1.16. The van der Waals surface area contributed by atoms with Gasteiger partial charge in [0.25, 0.3) is 0 Å². The van der Waals surface area contributed by atoms with E-state index in [0.717, 1.165) is 53.5 Å². The number of carbonyl (C=O) groups is 4. The summed E-state index contributed by atoms with van der Waals surface area (Å²) in [5.41, 5.74) is 5.53. The summed E-state index contributed by atoms with van der Waals surface area (Å²) in [6.45, 7) is 1.07. The van der Waals surface area contributed by atoms with E-state index in [4.69, 9.17) is 9.47 Å². The van der Waals surface area contributed by atoms with Gasteiger partial charge in [0.1, 0.15) is 12.6 Å². The number of rotatable bonds is 16. The number of hydrogen-bond acceptors (Lipinski definition) is 8. The van der Waals surface area contributed by atoms with Gasteiger partial charge >= 0.3 is 12.2 Å². The van der Waals surface area contributed by atoms with Crippen molar-refractivity contribution in [2.24, 2.45) is 0 Å². The normalized spacial score (nSPS) is 15.9. The molecule has 0 bridgehead atoms. The van der Waals surface area contributed by atoms with E-state index < -0.39 is 24.1 Å². The van der Waals surface area contributed by atoms with Gasteiger partial charge in [-0.2, -0.15) is 0 Å². The fourth-order valence-electron chi connectivity index (χ4n) is 6.67. The smallest absolute Gasteiger partial charge is 0.407 e. The quantitative estimate of drug-likeness (QED) is 0.118. The van der Waals surface area contributed by atoms with Gasteiger partial charge in [0.2, 0.25) is 5.91 Å². The van der Waals surface area contributed by atoms with Crippen molar-refractivity contribution in [3.05, 3.63) is 137 Å². The van der Waals surface area contributed by atoms with Crippen LogP contribution in [0.25, 0.3) is 0 Å². The van der Waals surface area contributed by atoms with Crippen LogP contribution >= 0.6 is 0 Å². The maximum Gasteiger partial charge on any atom is 0.407 e. The van der Waals surface area contributed by atoms with Crippen LogP contribution in [0.1, 0.15) is 46.6 Å². The first-order valence-corrected chi connectivity index (χ1v) is 17.9. The molecule has 11 heteroatoms. The molecular formula is C42H48N4O7. The van der Waals surface area contributed by atoms with Crippen molar-refractivity contribution in [2.45, 2.75) is 56.2 Å². The molecule has 4 aromatic carbocycles. The number of para-hydroxylation sites is 1. The van der Waals surface area contributed by atoms with Gasteiger partial charge in [-0.25, -0.2) is 9.59 Å². The molecule has 0 aliphatic carbocycles. The van der Waals surface area contributed by atoms with Gasteiger partial charge in [-0.3, -0.25) is 9.59 Å². The lowest BCUT2D eigenvalue weighted by atomic mass is 9.81. The van der Waals surface area contributed by atoms with Gasteiger partial charge in [0.15, 0.2) is 5.78 Å². The molecule has 1 heterocycles. The van der Waals surface area contributed by atoms with E-state index in [9.17, 15) is 19.2 Å². The SMILES string of the molecule is COC(=O)NCC(=O)Nc1ccccc1CC[C@@H]1CO[C@H](CCc2ccccc2CC(=O)[C@@H](NC(=O)OC)C(c2ccccc2)c2ccccc2)CN1. The molecule has 11 nitrogen and oxygen atoms in total. The third-order valence-electron chi connectivity index (χ3n) is 9.47. The Bertz CT molecular complexity index is 1760. The van der Waals surface area contributed by atoms with E-state index in [1.807, 2.05) is 103 Å². The van der Waals surface area contributed by atoms with E-state index in [1.54, 1.807) is 0 Å². The molecule has 1 saturated heterocycles. The van der Waals surface area contributed by atoms with E-state index in [-0.39, 0.29) is 36.8 Å². The number of ether oxygens (including phenoxy) is 3. The van der Waals surface area contributed by atoms with E-state index in [2.05, 4.69) is 32.1 Å². The summed E-state index contributed by atoms with van der Waals surface area (Å²) in [6.07, 6.45) is 1.90. The number of nitrogens with one attached hydrogen (secondary N) is 4. The fourth-order valence-corrected chi connectivity index (χ4v) is 6.67. The lowest BCUT2D eigenvalue weighted by Gasteiger charge is -2.31. The Labute approximate surface area is 310 Å². The van der Waals surface area contributed by atoms with Crippen LogP contribution in [0.5, 0.6) is 0 Å². The first-order chi connectivity index (χ1) is 25.8. The van der Waals surface area contributed by atoms with Gasteiger partial charge in [0.05, 0.1) is 26.9 Å². The number of amides is 3. The number of hydrogen-bond donors (Lipinski definition) is 4. The molecule has 1 fully saturated rings. The van der Waals surface area contributed by atoms with E-state index in [1.165, 1.54) is 14.2 Å². The second kappa shape index (κ2) is 19.9. The molecule has 5 rings (SSSR count). The highest BCUT2D eigenvalue weighted by molar-refractivity contribution is 5.94. The van der Waals surface area contributed by atoms with Gasteiger partial charge < -0.3 is 35.5 Å². The van der Waals surface area contributed by atoms with Crippen LogP contribution in [0.4, 0.5) is 15.3 Å². The van der Waals surface area contributed by atoms with E-state index in [0.29, 0.717) is 18.8 Å². The number of carbonyl (C=O) groups excluding carboxylic acids is 4. The van der Waals surface area contributed by atoms with Gasteiger partial charge in [-0.1, -0.05) is 103 Å². The Kier molecular flexibility index (Phi) is 14.5. The zero-order valence-corrected chi connectivity index (χ0v) is 30.2. The zero-order valence-electron chi connectivity index (χ0n) is 30.2. The summed E-state index contributed by atoms with van der Waals surface area (Å²) in [5.74, 6) is -0.858. The topological polar surface area (TPSA) is 144 Å². The highest BCUT2D eigenvalue weighted by Crippen LogP contribution is 2.30. The zero-order chi connectivity index (χ0) is 37.4. The molecule has 4 N–H and O–H groups in total. The minimum Gasteiger partial charge on any atom is -0.453 e. The Morgan fingerprint density at radius 1 is 0.736 bits per heavy atom. The summed E-state index contributed by atoms with van der Waals surface area (Å²) in [4.78, 5) is 50.4. The van der Waals surface area contributed by atoms with Crippen molar-refractivity contribution in [2.75, 3.05) is 39.2 Å². The van der Waals surface area contributed by atoms with Crippen LogP contribution < -0.4 is 21.3 Å².